The second-order valence-electron chi connectivity index (χ2n) is 8.25. The van der Waals surface area contributed by atoms with Crippen LogP contribution in [0.15, 0.2) is 29.8 Å². The van der Waals surface area contributed by atoms with Gasteiger partial charge in [-0.2, -0.15) is 0 Å². The highest BCUT2D eigenvalue weighted by Crippen LogP contribution is 2.32. The van der Waals surface area contributed by atoms with E-state index in [0.29, 0.717) is 32.1 Å². The largest absolute Gasteiger partial charge is 0.351 e. The molecule has 0 bridgehead atoms. The zero-order valence-corrected chi connectivity index (χ0v) is 19.2. The summed E-state index contributed by atoms with van der Waals surface area (Å²) in [6.45, 7) is 5.64. The zero-order valence-electron chi connectivity index (χ0n) is 18.3. The molecule has 2 aliphatic heterocycles. The highest BCUT2D eigenvalue weighted by molar-refractivity contribution is 8.00. The van der Waals surface area contributed by atoms with Crippen LogP contribution in [-0.2, 0) is 25.5 Å². The van der Waals surface area contributed by atoms with Gasteiger partial charge in [0, 0.05) is 32.1 Å². The normalized spacial score (nSPS) is 25.2. The van der Waals surface area contributed by atoms with Crippen molar-refractivity contribution in [2.45, 2.75) is 63.2 Å². The fraction of sp³-hybridized carbons (Fsp3) is 0.583. The lowest BCUT2D eigenvalue weighted by Gasteiger charge is -2.33. The van der Waals surface area contributed by atoms with Crippen molar-refractivity contribution in [2.75, 3.05) is 25.6 Å². The molecule has 0 aromatic heterocycles. The fourth-order valence-electron chi connectivity index (χ4n) is 4.84. The topological polar surface area (TPSA) is 67.9 Å². The Morgan fingerprint density at radius 3 is 2.74 bits per heavy atom. The van der Waals surface area contributed by atoms with Crippen LogP contribution in [0.2, 0.25) is 0 Å². The fourth-order valence-corrected chi connectivity index (χ4v) is 5.97. The number of rotatable bonds is 9. The van der Waals surface area contributed by atoms with Crippen molar-refractivity contribution >= 4 is 29.5 Å². The third-order valence-electron chi connectivity index (χ3n) is 6.24. The van der Waals surface area contributed by atoms with Crippen molar-refractivity contribution in [1.82, 2.24) is 10.2 Å². The third kappa shape index (κ3) is 4.90. The van der Waals surface area contributed by atoms with E-state index in [0.717, 1.165) is 24.8 Å². The molecule has 0 radical (unpaired) electrons. The lowest BCUT2D eigenvalue weighted by molar-refractivity contribution is -0.175. The van der Waals surface area contributed by atoms with Crippen LogP contribution >= 0.6 is 11.8 Å². The van der Waals surface area contributed by atoms with Gasteiger partial charge < -0.3 is 14.4 Å². The molecule has 3 aliphatic rings. The maximum Gasteiger partial charge on any atom is 0.241 e. The number of amides is 1. The van der Waals surface area contributed by atoms with Gasteiger partial charge in [0.15, 0.2) is 12.1 Å². The number of fused-ring (bicyclic) bond motifs is 1. The quantitative estimate of drug-likeness (QED) is 0.591. The van der Waals surface area contributed by atoms with E-state index in [4.69, 9.17) is 9.47 Å². The Morgan fingerprint density at radius 1 is 1.23 bits per heavy atom. The number of carbonyl (C=O) groups is 2. The van der Waals surface area contributed by atoms with E-state index >= 15 is 0 Å². The number of hydrogen-bond donors (Lipinski definition) is 1. The molecule has 7 heteroatoms. The number of carbonyl (C=O) groups excluding carboxylic acids is 2. The number of hydrogen-bond acceptors (Lipinski definition) is 6. The van der Waals surface area contributed by atoms with Gasteiger partial charge in [-0.25, -0.2) is 0 Å². The summed E-state index contributed by atoms with van der Waals surface area (Å²) in [4.78, 5) is 28.5. The maximum absolute atomic E-state index is 13.5. The molecule has 1 unspecified atom stereocenters. The van der Waals surface area contributed by atoms with Crippen molar-refractivity contribution in [3.63, 3.8) is 0 Å². The average molecular weight is 445 g/mol. The van der Waals surface area contributed by atoms with E-state index in [1.807, 2.05) is 30.9 Å². The molecule has 168 valence electrons. The lowest BCUT2D eigenvalue weighted by Crippen LogP contribution is -2.54. The summed E-state index contributed by atoms with van der Waals surface area (Å²) in [7, 11) is 0. The van der Waals surface area contributed by atoms with Crippen LogP contribution in [0.5, 0.6) is 0 Å². The Bertz CT molecular complexity index is 837. The SMILES string of the molecule is CCOC(OCC)[C@@H]1CCCN1C(=O)[C@H]1NCSC1C(=O)CC1=Cc2ccccc2C1. The summed E-state index contributed by atoms with van der Waals surface area (Å²) in [5.41, 5.74) is 3.61. The van der Waals surface area contributed by atoms with Gasteiger partial charge in [-0.05, 0) is 44.2 Å². The average Bonchev–Trinajstić information content (AvgIpc) is 3.51. The van der Waals surface area contributed by atoms with Gasteiger partial charge >= 0.3 is 0 Å². The molecule has 1 aromatic carbocycles. The number of nitrogens with zero attached hydrogens (tertiary/aromatic N) is 1. The Balaban J connectivity index is 1.41. The van der Waals surface area contributed by atoms with E-state index in [2.05, 4.69) is 23.5 Å². The van der Waals surface area contributed by atoms with Gasteiger partial charge in [-0.1, -0.05) is 35.9 Å². The van der Waals surface area contributed by atoms with Crippen LogP contribution in [0, 0.1) is 0 Å². The molecule has 6 nitrogen and oxygen atoms in total. The summed E-state index contributed by atoms with van der Waals surface area (Å²) in [5, 5.41) is 2.93. The Labute approximate surface area is 188 Å². The first kappa shape index (κ1) is 22.5. The van der Waals surface area contributed by atoms with Gasteiger partial charge in [0.1, 0.15) is 6.04 Å². The zero-order chi connectivity index (χ0) is 21.8. The molecule has 1 amide bonds. The van der Waals surface area contributed by atoms with Crippen LogP contribution < -0.4 is 5.32 Å². The van der Waals surface area contributed by atoms with Crippen LogP contribution in [0.3, 0.4) is 0 Å². The minimum atomic E-state index is -0.480. The van der Waals surface area contributed by atoms with Gasteiger partial charge in [-0.3, -0.25) is 14.9 Å². The van der Waals surface area contributed by atoms with Crippen molar-refractivity contribution in [3.8, 4) is 0 Å². The van der Waals surface area contributed by atoms with Crippen molar-refractivity contribution in [3.05, 3.63) is 41.0 Å². The number of ketones is 1. The van der Waals surface area contributed by atoms with Crippen LogP contribution in [0.1, 0.15) is 44.2 Å². The lowest BCUT2D eigenvalue weighted by atomic mass is 10.0. The van der Waals surface area contributed by atoms with Gasteiger partial charge in [0.25, 0.3) is 0 Å². The van der Waals surface area contributed by atoms with Crippen LogP contribution in [-0.4, -0.2) is 65.8 Å². The van der Waals surface area contributed by atoms with Crippen molar-refractivity contribution in [2.24, 2.45) is 0 Å². The number of ether oxygens (including phenoxy) is 2. The second kappa shape index (κ2) is 10.3. The predicted octanol–water partition coefficient (Wildman–Crippen LogP) is 3.01. The first-order valence-electron chi connectivity index (χ1n) is 11.3. The number of thioether (sulfide) groups is 1. The molecule has 0 spiro atoms. The number of Topliss-reactive ketones (excluding diaryl/α,β-unsaturated/α-hetero) is 1. The summed E-state index contributed by atoms with van der Waals surface area (Å²) in [6, 6.07) is 7.69. The molecule has 0 saturated carbocycles. The molecule has 1 aliphatic carbocycles. The summed E-state index contributed by atoms with van der Waals surface area (Å²) < 4.78 is 11.6. The van der Waals surface area contributed by atoms with E-state index < -0.39 is 12.3 Å². The Hall–Kier alpha value is -1.67. The molecular formula is C24H32N2O4S. The Kier molecular flexibility index (Phi) is 7.48. The standard InChI is InChI=1S/C24H32N2O4S/c1-3-29-24(30-4-2)19-10-7-11-26(19)23(28)21-22(31-15-25-21)20(27)14-16-12-17-8-5-6-9-18(17)13-16/h5-6,8-9,12,19,21-22,24-25H,3-4,7,10-11,13-15H2,1-2H3/t19-,21-,22?/m0/s1. The molecule has 2 heterocycles. The van der Waals surface area contributed by atoms with Crippen LogP contribution in [0.4, 0.5) is 0 Å². The monoisotopic (exact) mass is 444 g/mol. The number of nitrogens with one attached hydrogen (secondary N) is 1. The molecule has 1 aromatic rings. The van der Waals surface area contributed by atoms with E-state index in [9.17, 15) is 9.59 Å². The predicted molar refractivity (Wildman–Crippen MR) is 123 cm³/mol. The molecule has 31 heavy (non-hydrogen) atoms. The smallest absolute Gasteiger partial charge is 0.241 e. The summed E-state index contributed by atoms with van der Waals surface area (Å²) in [6.07, 6.45) is 4.73. The van der Waals surface area contributed by atoms with Crippen molar-refractivity contribution < 1.29 is 19.1 Å². The number of allylic oxidation sites excluding steroid dienone is 1. The summed E-state index contributed by atoms with van der Waals surface area (Å²) >= 11 is 1.55. The molecule has 3 atom stereocenters. The minimum absolute atomic E-state index is 0.000978. The van der Waals surface area contributed by atoms with E-state index in [1.165, 1.54) is 11.1 Å². The third-order valence-corrected chi connectivity index (χ3v) is 7.47. The van der Waals surface area contributed by atoms with Gasteiger partial charge in [0.05, 0.1) is 11.3 Å². The second-order valence-corrected chi connectivity index (χ2v) is 9.38. The summed E-state index contributed by atoms with van der Waals surface area (Å²) in [5.74, 6) is 0.749. The first-order chi connectivity index (χ1) is 15.1. The molecule has 4 rings (SSSR count). The Morgan fingerprint density at radius 2 is 2.00 bits per heavy atom. The molecular weight excluding hydrogens is 412 g/mol. The van der Waals surface area contributed by atoms with Crippen LogP contribution in [0.25, 0.3) is 6.08 Å². The number of likely N-dealkylation sites (tertiary alicyclic amines) is 1. The van der Waals surface area contributed by atoms with Crippen molar-refractivity contribution in [1.29, 1.82) is 0 Å². The maximum atomic E-state index is 13.5. The number of benzene rings is 1. The van der Waals surface area contributed by atoms with E-state index in [-0.39, 0.29) is 23.0 Å². The highest BCUT2D eigenvalue weighted by Gasteiger charge is 2.44. The van der Waals surface area contributed by atoms with Gasteiger partial charge in [-0.15, -0.1) is 11.8 Å². The molecule has 1 N–H and O–H groups in total. The highest BCUT2D eigenvalue weighted by atomic mass is 32.2. The molecule has 2 fully saturated rings. The minimum Gasteiger partial charge on any atom is -0.351 e. The molecule has 2 saturated heterocycles. The van der Waals surface area contributed by atoms with E-state index in [1.54, 1.807) is 11.8 Å². The van der Waals surface area contributed by atoms with Gasteiger partial charge in [0.2, 0.25) is 5.91 Å². The first-order valence-corrected chi connectivity index (χ1v) is 12.4.